The number of hydrogen-bond donors (Lipinski definition) is 1. The predicted octanol–water partition coefficient (Wildman–Crippen LogP) is 1.70. The van der Waals surface area contributed by atoms with Crippen LogP contribution < -0.4 is 4.74 Å². The van der Waals surface area contributed by atoms with Crippen LogP contribution in [0.3, 0.4) is 0 Å². The van der Waals surface area contributed by atoms with E-state index in [1.54, 1.807) is 6.08 Å². The zero-order valence-electron chi connectivity index (χ0n) is 7.81. The molecule has 0 heterocycles. The summed E-state index contributed by atoms with van der Waals surface area (Å²) in [5.74, 6) is 3.15. The van der Waals surface area contributed by atoms with Gasteiger partial charge in [0, 0.05) is 0 Å². The van der Waals surface area contributed by atoms with Crippen LogP contribution in [0.15, 0.2) is 30.3 Å². The fraction of sp³-hybridized carbons (Fsp3) is 0.167. The van der Waals surface area contributed by atoms with Crippen molar-refractivity contribution >= 4 is 6.08 Å². The molecule has 0 radical (unpaired) electrons. The van der Waals surface area contributed by atoms with Gasteiger partial charge in [-0.25, -0.2) is 0 Å². The van der Waals surface area contributed by atoms with Gasteiger partial charge in [0.1, 0.15) is 12.4 Å². The molecule has 0 aliphatic carbocycles. The summed E-state index contributed by atoms with van der Waals surface area (Å²) >= 11 is 0. The summed E-state index contributed by atoms with van der Waals surface area (Å²) in [4.78, 5) is 0. The first-order chi connectivity index (χ1) is 6.86. The lowest BCUT2D eigenvalue weighted by atomic mass is 10.2. The molecular formula is C12H12O2. The van der Waals surface area contributed by atoms with Gasteiger partial charge in [-0.2, -0.15) is 0 Å². The van der Waals surface area contributed by atoms with Crippen molar-refractivity contribution in [1.29, 1.82) is 0 Å². The molecular weight excluding hydrogens is 176 g/mol. The quantitative estimate of drug-likeness (QED) is 0.729. The molecule has 1 aromatic rings. The van der Waals surface area contributed by atoms with Crippen LogP contribution in [0.5, 0.6) is 5.75 Å². The van der Waals surface area contributed by atoms with Gasteiger partial charge in [-0.1, -0.05) is 30.2 Å². The van der Waals surface area contributed by atoms with Crippen LogP contribution in [0.2, 0.25) is 0 Å². The van der Waals surface area contributed by atoms with Crippen molar-refractivity contribution in [2.24, 2.45) is 0 Å². The molecule has 1 N–H and O–H groups in total. The van der Waals surface area contributed by atoms with Crippen molar-refractivity contribution in [3.63, 3.8) is 0 Å². The Labute approximate surface area is 83.8 Å². The number of benzene rings is 1. The van der Waals surface area contributed by atoms with E-state index in [2.05, 4.69) is 5.92 Å². The maximum absolute atomic E-state index is 8.56. The third-order valence-corrected chi connectivity index (χ3v) is 1.62. The normalized spacial score (nSPS) is 10.0. The molecule has 2 nitrogen and oxygen atoms in total. The fourth-order valence-electron chi connectivity index (χ4n) is 0.989. The van der Waals surface area contributed by atoms with Crippen LogP contribution in [0.25, 0.3) is 6.08 Å². The summed E-state index contributed by atoms with van der Waals surface area (Å²) in [7, 11) is 0. The van der Waals surface area contributed by atoms with Crippen molar-refractivity contribution in [3.8, 4) is 18.1 Å². The predicted molar refractivity (Wildman–Crippen MR) is 56.9 cm³/mol. The Balaban J connectivity index is 2.60. The van der Waals surface area contributed by atoms with Gasteiger partial charge in [0.15, 0.2) is 0 Å². The van der Waals surface area contributed by atoms with Gasteiger partial charge in [-0.15, -0.1) is 6.42 Å². The zero-order chi connectivity index (χ0) is 10.2. The van der Waals surface area contributed by atoms with E-state index in [1.807, 2.05) is 30.3 Å². The summed E-state index contributed by atoms with van der Waals surface area (Å²) in [5, 5.41) is 8.56. The highest BCUT2D eigenvalue weighted by Gasteiger charge is 1.91. The number of rotatable bonds is 4. The van der Waals surface area contributed by atoms with Gasteiger partial charge in [-0.05, 0) is 17.7 Å². The topological polar surface area (TPSA) is 29.5 Å². The van der Waals surface area contributed by atoms with E-state index in [-0.39, 0.29) is 13.2 Å². The molecule has 0 amide bonds. The largest absolute Gasteiger partial charge is 0.481 e. The molecule has 0 spiro atoms. The zero-order valence-corrected chi connectivity index (χ0v) is 7.81. The Hall–Kier alpha value is -1.72. The molecule has 2 heteroatoms. The second-order valence-electron chi connectivity index (χ2n) is 2.65. The second-order valence-corrected chi connectivity index (χ2v) is 2.65. The van der Waals surface area contributed by atoms with Crippen LogP contribution in [-0.2, 0) is 0 Å². The minimum Gasteiger partial charge on any atom is -0.481 e. The molecule has 72 valence electrons. The smallest absolute Gasteiger partial charge is 0.148 e. The lowest BCUT2D eigenvalue weighted by Crippen LogP contribution is -1.92. The highest BCUT2D eigenvalue weighted by molar-refractivity contribution is 5.50. The molecule has 1 aromatic carbocycles. The number of hydrogen-bond acceptors (Lipinski definition) is 2. The van der Waals surface area contributed by atoms with Crippen LogP contribution in [0.1, 0.15) is 5.56 Å². The first-order valence-electron chi connectivity index (χ1n) is 4.30. The van der Waals surface area contributed by atoms with Gasteiger partial charge in [0.25, 0.3) is 0 Å². The maximum atomic E-state index is 8.56. The number of aliphatic hydroxyl groups is 1. The Kier molecular flexibility index (Phi) is 4.33. The Morgan fingerprint density at radius 2 is 2.07 bits per heavy atom. The minimum atomic E-state index is 0.0509. The average Bonchev–Trinajstić information content (AvgIpc) is 2.25. The maximum Gasteiger partial charge on any atom is 0.148 e. The van der Waals surface area contributed by atoms with Crippen molar-refractivity contribution in [1.82, 2.24) is 0 Å². The lowest BCUT2D eigenvalue weighted by Gasteiger charge is -2.01. The molecule has 0 bridgehead atoms. The first kappa shape index (κ1) is 10.4. The SMILES string of the molecule is C#CCOc1ccc(C=CCO)cc1. The molecule has 14 heavy (non-hydrogen) atoms. The third-order valence-electron chi connectivity index (χ3n) is 1.62. The first-order valence-corrected chi connectivity index (χ1v) is 4.30. The van der Waals surface area contributed by atoms with E-state index < -0.39 is 0 Å². The van der Waals surface area contributed by atoms with Crippen molar-refractivity contribution < 1.29 is 9.84 Å². The molecule has 0 aliphatic heterocycles. The summed E-state index contributed by atoms with van der Waals surface area (Å²) in [5.41, 5.74) is 1.02. The van der Waals surface area contributed by atoms with E-state index in [1.165, 1.54) is 0 Å². The highest BCUT2D eigenvalue weighted by Crippen LogP contribution is 2.12. The average molecular weight is 188 g/mol. The minimum absolute atomic E-state index is 0.0509. The number of terminal acetylenes is 1. The Morgan fingerprint density at radius 1 is 1.36 bits per heavy atom. The number of ether oxygens (including phenoxy) is 1. The van der Waals surface area contributed by atoms with Gasteiger partial charge in [0.05, 0.1) is 6.61 Å². The van der Waals surface area contributed by atoms with E-state index in [9.17, 15) is 0 Å². The number of aliphatic hydroxyl groups excluding tert-OH is 1. The molecule has 1 rings (SSSR count). The standard InChI is InChI=1S/C12H12O2/c1-2-10-14-12-7-5-11(6-8-12)4-3-9-13/h1,3-8,13H,9-10H2. The summed E-state index contributed by atoms with van der Waals surface area (Å²) < 4.78 is 5.21. The van der Waals surface area contributed by atoms with E-state index in [0.29, 0.717) is 0 Å². The molecule has 0 atom stereocenters. The molecule has 0 unspecified atom stereocenters. The Bertz CT molecular complexity index is 330. The monoisotopic (exact) mass is 188 g/mol. The van der Waals surface area contributed by atoms with E-state index in [4.69, 9.17) is 16.3 Å². The fourth-order valence-corrected chi connectivity index (χ4v) is 0.989. The van der Waals surface area contributed by atoms with Crippen LogP contribution >= 0.6 is 0 Å². The van der Waals surface area contributed by atoms with Gasteiger partial charge >= 0.3 is 0 Å². The van der Waals surface area contributed by atoms with Crippen molar-refractivity contribution in [2.45, 2.75) is 0 Å². The molecule has 0 saturated carbocycles. The van der Waals surface area contributed by atoms with Crippen molar-refractivity contribution in [3.05, 3.63) is 35.9 Å². The molecule has 0 aliphatic rings. The third kappa shape index (κ3) is 3.34. The lowest BCUT2D eigenvalue weighted by molar-refractivity contribution is 0.343. The van der Waals surface area contributed by atoms with Gasteiger partial charge < -0.3 is 9.84 Å². The van der Waals surface area contributed by atoms with E-state index >= 15 is 0 Å². The summed E-state index contributed by atoms with van der Waals surface area (Å²) in [6, 6.07) is 7.48. The molecule has 0 saturated heterocycles. The van der Waals surface area contributed by atoms with Gasteiger partial charge in [-0.3, -0.25) is 0 Å². The van der Waals surface area contributed by atoms with Gasteiger partial charge in [0.2, 0.25) is 0 Å². The highest BCUT2D eigenvalue weighted by atomic mass is 16.5. The van der Waals surface area contributed by atoms with Crippen LogP contribution in [0, 0.1) is 12.3 Å². The second kappa shape index (κ2) is 5.85. The Morgan fingerprint density at radius 3 is 2.64 bits per heavy atom. The molecule has 0 aromatic heterocycles. The van der Waals surface area contributed by atoms with Crippen LogP contribution in [-0.4, -0.2) is 18.3 Å². The summed E-state index contributed by atoms with van der Waals surface area (Å²) in [6.45, 7) is 0.334. The summed E-state index contributed by atoms with van der Waals surface area (Å²) in [6.07, 6.45) is 8.57. The van der Waals surface area contributed by atoms with Crippen molar-refractivity contribution in [2.75, 3.05) is 13.2 Å². The molecule has 0 fully saturated rings. The van der Waals surface area contributed by atoms with Crippen LogP contribution in [0.4, 0.5) is 0 Å². The van der Waals surface area contributed by atoms with E-state index in [0.717, 1.165) is 11.3 Å².